The van der Waals surface area contributed by atoms with Gasteiger partial charge in [0, 0.05) is 23.9 Å². The van der Waals surface area contributed by atoms with Crippen molar-refractivity contribution in [3.63, 3.8) is 0 Å². The molecule has 1 aliphatic carbocycles. The maximum Gasteiger partial charge on any atom is 0.0192 e. The van der Waals surface area contributed by atoms with Crippen molar-refractivity contribution < 1.29 is 0 Å². The van der Waals surface area contributed by atoms with Crippen molar-refractivity contribution in [2.75, 3.05) is 18.8 Å². The molecule has 1 aliphatic heterocycles. The summed E-state index contributed by atoms with van der Waals surface area (Å²) in [4.78, 5) is 0. The first-order valence-corrected chi connectivity index (χ1v) is 8.01. The van der Waals surface area contributed by atoms with Crippen LogP contribution in [0.1, 0.15) is 45.4 Å². The van der Waals surface area contributed by atoms with E-state index in [-0.39, 0.29) is 0 Å². The number of hydrogen-bond acceptors (Lipinski definition) is 3. The van der Waals surface area contributed by atoms with Crippen LogP contribution in [0.4, 0.5) is 0 Å². The number of piperidine rings is 1. The largest absolute Gasteiger partial charge is 0.313 e. The van der Waals surface area contributed by atoms with E-state index in [0.29, 0.717) is 0 Å². The maximum absolute atomic E-state index is 3.76. The fraction of sp³-hybridized carbons (Fsp3) is 1.00. The lowest BCUT2D eigenvalue weighted by molar-refractivity contribution is 0.366. The Bertz CT molecular complexity index is 192. The van der Waals surface area contributed by atoms with E-state index in [1.165, 1.54) is 57.4 Å². The second kappa shape index (κ2) is 6.87. The van der Waals surface area contributed by atoms with E-state index in [4.69, 9.17) is 0 Å². The number of hydrogen-bond donors (Lipinski definition) is 2. The molecule has 2 aliphatic rings. The average molecular weight is 242 g/mol. The molecular weight excluding hydrogens is 216 g/mol. The Hall–Kier alpha value is 0.270. The van der Waals surface area contributed by atoms with E-state index >= 15 is 0 Å². The Morgan fingerprint density at radius 1 is 1.25 bits per heavy atom. The fourth-order valence-electron chi connectivity index (χ4n) is 2.92. The van der Waals surface area contributed by atoms with Crippen LogP contribution in [-0.4, -0.2) is 36.2 Å². The second-order valence-corrected chi connectivity index (χ2v) is 6.72. The molecule has 3 unspecified atom stereocenters. The predicted octanol–water partition coefficient (Wildman–Crippen LogP) is 2.39. The van der Waals surface area contributed by atoms with E-state index in [0.717, 1.165) is 17.3 Å². The lowest BCUT2D eigenvalue weighted by atomic mass is 10.0. The summed E-state index contributed by atoms with van der Waals surface area (Å²) >= 11 is 2.15. The number of thioether (sulfide) groups is 1. The van der Waals surface area contributed by atoms with Crippen molar-refractivity contribution in [3.05, 3.63) is 0 Å². The minimum Gasteiger partial charge on any atom is -0.313 e. The maximum atomic E-state index is 3.76. The van der Waals surface area contributed by atoms with Crippen LogP contribution in [0.15, 0.2) is 0 Å². The molecule has 0 bridgehead atoms. The normalized spacial score (nSPS) is 35.4. The molecule has 2 rings (SSSR count). The van der Waals surface area contributed by atoms with Crippen molar-refractivity contribution in [3.8, 4) is 0 Å². The monoisotopic (exact) mass is 242 g/mol. The number of rotatable bonds is 5. The van der Waals surface area contributed by atoms with E-state index in [9.17, 15) is 0 Å². The van der Waals surface area contributed by atoms with Crippen molar-refractivity contribution in [2.45, 2.75) is 62.8 Å². The van der Waals surface area contributed by atoms with Crippen molar-refractivity contribution in [1.82, 2.24) is 10.6 Å². The van der Waals surface area contributed by atoms with Crippen LogP contribution in [0.25, 0.3) is 0 Å². The molecule has 3 heteroatoms. The molecule has 16 heavy (non-hydrogen) atoms. The first kappa shape index (κ1) is 12.7. The van der Waals surface area contributed by atoms with Gasteiger partial charge in [0.2, 0.25) is 0 Å². The van der Waals surface area contributed by atoms with Gasteiger partial charge in [0.15, 0.2) is 0 Å². The van der Waals surface area contributed by atoms with Crippen LogP contribution in [0, 0.1) is 0 Å². The van der Waals surface area contributed by atoms with Gasteiger partial charge in [0.05, 0.1) is 0 Å². The lowest BCUT2D eigenvalue weighted by Gasteiger charge is -2.25. The average Bonchev–Trinajstić information content (AvgIpc) is 2.76. The third-order valence-electron chi connectivity index (χ3n) is 3.85. The highest BCUT2D eigenvalue weighted by atomic mass is 32.2. The second-order valence-electron chi connectivity index (χ2n) is 5.14. The molecule has 1 saturated heterocycles. The van der Waals surface area contributed by atoms with Crippen LogP contribution < -0.4 is 10.6 Å². The van der Waals surface area contributed by atoms with Crippen molar-refractivity contribution in [2.24, 2.45) is 0 Å². The topological polar surface area (TPSA) is 24.1 Å². The van der Waals surface area contributed by atoms with Gasteiger partial charge in [-0.2, -0.15) is 11.8 Å². The summed E-state index contributed by atoms with van der Waals surface area (Å²) in [6.45, 7) is 4.69. The zero-order valence-electron chi connectivity index (χ0n) is 10.5. The van der Waals surface area contributed by atoms with E-state index in [2.05, 4.69) is 29.3 Å². The quantitative estimate of drug-likeness (QED) is 0.774. The Kier molecular flexibility index (Phi) is 5.46. The van der Waals surface area contributed by atoms with Gasteiger partial charge in [-0.25, -0.2) is 0 Å². The van der Waals surface area contributed by atoms with Gasteiger partial charge in [0.25, 0.3) is 0 Å². The fourth-order valence-corrected chi connectivity index (χ4v) is 4.06. The zero-order valence-corrected chi connectivity index (χ0v) is 11.3. The standard InChI is InChI=1S/C13H26N2S/c1-2-16-13-7-6-11(9-13)15-10-12-5-3-4-8-14-12/h11-15H,2-10H2,1H3. The van der Waals surface area contributed by atoms with Gasteiger partial charge in [0.1, 0.15) is 0 Å². The zero-order chi connectivity index (χ0) is 11.2. The summed E-state index contributed by atoms with van der Waals surface area (Å²) in [5.74, 6) is 1.28. The minimum absolute atomic E-state index is 0.742. The van der Waals surface area contributed by atoms with Crippen LogP contribution in [-0.2, 0) is 0 Å². The minimum atomic E-state index is 0.742. The Labute approximate surface area is 104 Å². The Morgan fingerprint density at radius 2 is 2.19 bits per heavy atom. The molecule has 0 amide bonds. The van der Waals surface area contributed by atoms with Gasteiger partial charge >= 0.3 is 0 Å². The predicted molar refractivity (Wildman–Crippen MR) is 73.2 cm³/mol. The molecule has 0 aromatic carbocycles. The first-order valence-electron chi connectivity index (χ1n) is 6.97. The van der Waals surface area contributed by atoms with Gasteiger partial charge in [-0.1, -0.05) is 13.3 Å². The molecule has 1 saturated carbocycles. The van der Waals surface area contributed by atoms with Gasteiger partial charge in [-0.3, -0.25) is 0 Å². The van der Waals surface area contributed by atoms with Crippen molar-refractivity contribution >= 4 is 11.8 Å². The summed E-state index contributed by atoms with van der Waals surface area (Å²) in [7, 11) is 0. The van der Waals surface area contributed by atoms with Crippen molar-refractivity contribution in [1.29, 1.82) is 0 Å². The molecule has 2 nitrogen and oxygen atoms in total. The summed E-state index contributed by atoms with van der Waals surface area (Å²) in [6.07, 6.45) is 8.37. The molecular formula is C13H26N2S. The third kappa shape index (κ3) is 3.94. The SMILES string of the molecule is CCSC1CCC(NCC2CCCCN2)C1. The Morgan fingerprint density at radius 3 is 2.94 bits per heavy atom. The summed E-state index contributed by atoms with van der Waals surface area (Å²) in [6, 6.07) is 1.54. The third-order valence-corrected chi connectivity index (χ3v) is 5.09. The van der Waals surface area contributed by atoms with Crippen LogP contribution in [0.2, 0.25) is 0 Å². The van der Waals surface area contributed by atoms with Crippen LogP contribution >= 0.6 is 11.8 Å². The van der Waals surface area contributed by atoms with Crippen LogP contribution in [0.3, 0.4) is 0 Å². The molecule has 0 aromatic rings. The number of nitrogens with one attached hydrogen (secondary N) is 2. The molecule has 2 fully saturated rings. The Balaban J connectivity index is 1.59. The smallest absolute Gasteiger partial charge is 0.0192 e. The molecule has 0 aromatic heterocycles. The molecule has 94 valence electrons. The summed E-state index contributed by atoms with van der Waals surface area (Å²) in [5, 5.41) is 8.31. The van der Waals surface area contributed by atoms with Gasteiger partial charge < -0.3 is 10.6 Å². The van der Waals surface area contributed by atoms with E-state index in [1.54, 1.807) is 0 Å². The van der Waals surface area contributed by atoms with Crippen LogP contribution in [0.5, 0.6) is 0 Å². The van der Waals surface area contributed by atoms with Gasteiger partial charge in [-0.05, 0) is 44.4 Å². The first-order chi connectivity index (χ1) is 7.88. The highest BCUT2D eigenvalue weighted by Crippen LogP contribution is 2.29. The molecule has 0 spiro atoms. The molecule has 2 N–H and O–H groups in total. The van der Waals surface area contributed by atoms with E-state index < -0.39 is 0 Å². The highest BCUT2D eigenvalue weighted by Gasteiger charge is 2.24. The summed E-state index contributed by atoms with van der Waals surface area (Å²) < 4.78 is 0. The molecule has 0 radical (unpaired) electrons. The van der Waals surface area contributed by atoms with E-state index in [1.807, 2.05) is 0 Å². The summed E-state index contributed by atoms with van der Waals surface area (Å²) in [5.41, 5.74) is 0. The van der Waals surface area contributed by atoms with Gasteiger partial charge in [-0.15, -0.1) is 0 Å². The molecule has 3 atom stereocenters. The lowest BCUT2D eigenvalue weighted by Crippen LogP contribution is -2.44. The highest BCUT2D eigenvalue weighted by molar-refractivity contribution is 7.99. The molecule has 1 heterocycles.